The highest BCUT2D eigenvalue weighted by atomic mass is 35.5. The first-order valence-electron chi connectivity index (χ1n) is 10.9. The van der Waals surface area contributed by atoms with Crippen molar-refractivity contribution in [1.29, 1.82) is 0 Å². The molecule has 1 aliphatic heterocycles. The van der Waals surface area contributed by atoms with Crippen LogP contribution in [0.25, 0.3) is 0 Å². The molecule has 9 heteroatoms. The third-order valence-electron chi connectivity index (χ3n) is 6.08. The molecule has 0 radical (unpaired) electrons. The maximum Gasteiger partial charge on any atom is 0.243 e. The molecule has 1 amide bonds. The van der Waals surface area contributed by atoms with Gasteiger partial charge in [-0.1, -0.05) is 41.9 Å². The summed E-state index contributed by atoms with van der Waals surface area (Å²) in [7, 11) is 0.212. The third-order valence-corrected chi connectivity index (χ3v) is 8.34. The average molecular weight is 492 g/mol. The van der Waals surface area contributed by atoms with E-state index in [1.165, 1.54) is 35.5 Å². The molecule has 0 spiro atoms. The summed E-state index contributed by atoms with van der Waals surface area (Å²) in [5.74, 6) is -0.431. The number of nitrogens with one attached hydrogen (secondary N) is 1. The summed E-state index contributed by atoms with van der Waals surface area (Å²) in [5, 5.41) is 3.68. The number of carbonyl (C=O) groups excluding carboxylic acids is 2. The van der Waals surface area contributed by atoms with E-state index in [-0.39, 0.29) is 41.6 Å². The number of nitrogens with zero attached hydrogens (tertiary/aromatic N) is 2. The van der Waals surface area contributed by atoms with E-state index in [1.54, 1.807) is 0 Å². The number of halogens is 1. The predicted molar refractivity (Wildman–Crippen MR) is 129 cm³/mol. The van der Waals surface area contributed by atoms with Gasteiger partial charge in [0.15, 0.2) is 5.78 Å². The minimum absolute atomic E-state index is 0.0684. The van der Waals surface area contributed by atoms with Crippen molar-refractivity contribution < 1.29 is 18.0 Å². The number of benzene rings is 2. The fraction of sp³-hybridized carbons (Fsp3) is 0.417. The monoisotopic (exact) mass is 491 g/mol. The van der Waals surface area contributed by atoms with Gasteiger partial charge in [-0.05, 0) is 57.6 Å². The zero-order valence-corrected chi connectivity index (χ0v) is 20.7. The normalized spacial score (nSPS) is 16.5. The van der Waals surface area contributed by atoms with Crippen LogP contribution in [0.15, 0.2) is 53.4 Å². The van der Waals surface area contributed by atoms with Gasteiger partial charge >= 0.3 is 0 Å². The van der Waals surface area contributed by atoms with Crippen LogP contribution in [-0.2, 0) is 14.8 Å². The first-order valence-corrected chi connectivity index (χ1v) is 12.7. The highest BCUT2D eigenvalue weighted by Gasteiger charge is 2.32. The van der Waals surface area contributed by atoms with Crippen molar-refractivity contribution in [3.8, 4) is 0 Å². The Bertz CT molecular complexity index is 1090. The van der Waals surface area contributed by atoms with Crippen LogP contribution < -0.4 is 5.32 Å². The lowest BCUT2D eigenvalue weighted by molar-refractivity contribution is -0.126. The van der Waals surface area contributed by atoms with Crippen LogP contribution in [0.1, 0.15) is 41.7 Å². The Labute approximate surface area is 200 Å². The largest absolute Gasteiger partial charge is 0.354 e. The summed E-state index contributed by atoms with van der Waals surface area (Å²) < 4.78 is 27.3. The number of likely N-dealkylation sites (N-methyl/N-ethyl adjacent to an activating group) is 1. The molecule has 0 aliphatic carbocycles. The molecule has 1 fully saturated rings. The zero-order valence-electron chi connectivity index (χ0n) is 19.1. The average Bonchev–Trinajstić information content (AvgIpc) is 2.80. The lowest BCUT2D eigenvalue weighted by Crippen LogP contribution is -2.44. The molecule has 7 nitrogen and oxygen atoms in total. The molecule has 2 aromatic rings. The van der Waals surface area contributed by atoms with E-state index in [9.17, 15) is 18.0 Å². The van der Waals surface area contributed by atoms with Crippen LogP contribution in [0.3, 0.4) is 0 Å². The van der Waals surface area contributed by atoms with E-state index in [2.05, 4.69) is 5.32 Å². The van der Waals surface area contributed by atoms with Gasteiger partial charge in [-0.2, -0.15) is 4.31 Å². The molecule has 3 rings (SSSR count). The first-order chi connectivity index (χ1) is 15.6. The standard InChI is InChI=1S/C24H30ClN3O4S/c1-17(29)18-8-10-20(11-9-18)33(31,32)28-14-12-19(13-15-28)24(30)26-16-23(27(2)3)21-6-4-5-7-22(21)25/h4-11,19,23H,12-16H2,1-3H3,(H,26,30). The number of Topliss-reactive ketones (excluding diaryl/α,β-unsaturated/α-hetero) is 1. The second-order valence-electron chi connectivity index (χ2n) is 8.50. The molecule has 178 valence electrons. The van der Waals surface area contributed by atoms with Crippen molar-refractivity contribution in [3.05, 3.63) is 64.7 Å². The fourth-order valence-corrected chi connectivity index (χ4v) is 5.76. The number of amides is 1. The van der Waals surface area contributed by atoms with Gasteiger partial charge in [0.25, 0.3) is 0 Å². The van der Waals surface area contributed by atoms with Crippen molar-refractivity contribution in [2.24, 2.45) is 5.92 Å². The van der Waals surface area contributed by atoms with Crippen LogP contribution in [0.4, 0.5) is 0 Å². The van der Waals surface area contributed by atoms with Gasteiger partial charge < -0.3 is 10.2 Å². The molecular formula is C24H30ClN3O4S. The summed E-state index contributed by atoms with van der Waals surface area (Å²) in [6, 6.07) is 13.5. The fourth-order valence-electron chi connectivity index (χ4n) is 4.03. The molecular weight excluding hydrogens is 462 g/mol. The molecule has 1 N–H and O–H groups in total. The van der Waals surface area contributed by atoms with Crippen molar-refractivity contribution in [3.63, 3.8) is 0 Å². The van der Waals surface area contributed by atoms with Crippen LogP contribution >= 0.6 is 11.6 Å². The Morgan fingerprint density at radius 1 is 1.09 bits per heavy atom. The van der Waals surface area contributed by atoms with Crippen molar-refractivity contribution in [2.75, 3.05) is 33.7 Å². The third kappa shape index (κ3) is 6.00. The second-order valence-corrected chi connectivity index (χ2v) is 10.9. The van der Waals surface area contributed by atoms with E-state index < -0.39 is 10.0 Å². The number of rotatable bonds is 8. The smallest absolute Gasteiger partial charge is 0.243 e. The van der Waals surface area contributed by atoms with Gasteiger partial charge in [0, 0.05) is 36.1 Å². The summed E-state index contributed by atoms with van der Waals surface area (Å²) in [5.41, 5.74) is 1.42. The van der Waals surface area contributed by atoms with Gasteiger partial charge in [0.2, 0.25) is 15.9 Å². The van der Waals surface area contributed by atoms with Crippen LogP contribution in [-0.4, -0.2) is 63.0 Å². The Morgan fingerprint density at radius 3 is 2.24 bits per heavy atom. The van der Waals surface area contributed by atoms with Crippen LogP contribution in [0.5, 0.6) is 0 Å². The maximum absolute atomic E-state index is 12.9. The van der Waals surface area contributed by atoms with Gasteiger partial charge in [0.05, 0.1) is 10.9 Å². The van der Waals surface area contributed by atoms with E-state index in [1.807, 2.05) is 43.3 Å². The van der Waals surface area contributed by atoms with E-state index in [0.717, 1.165) is 5.56 Å². The minimum Gasteiger partial charge on any atom is -0.354 e. The Kier molecular flexibility index (Phi) is 8.28. The van der Waals surface area contributed by atoms with E-state index in [0.29, 0.717) is 30.0 Å². The van der Waals surface area contributed by atoms with Gasteiger partial charge in [0.1, 0.15) is 0 Å². The highest BCUT2D eigenvalue weighted by molar-refractivity contribution is 7.89. The number of ketones is 1. The molecule has 0 bridgehead atoms. The summed E-state index contributed by atoms with van der Waals surface area (Å²) >= 11 is 6.34. The van der Waals surface area contributed by atoms with Crippen molar-refractivity contribution in [2.45, 2.75) is 30.7 Å². The van der Waals surface area contributed by atoms with Crippen LogP contribution in [0, 0.1) is 5.92 Å². The number of carbonyl (C=O) groups is 2. The van der Waals surface area contributed by atoms with Gasteiger partial charge in [-0.3, -0.25) is 9.59 Å². The quantitative estimate of drug-likeness (QED) is 0.572. The molecule has 1 atom stereocenters. The summed E-state index contributed by atoms with van der Waals surface area (Å²) in [6.45, 7) is 2.40. The Balaban J connectivity index is 1.58. The second kappa shape index (κ2) is 10.8. The molecule has 1 heterocycles. The van der Waals surface area contributed by atoms with Crippen molar-refractivity contribution in [1.82, 2.24) is 14.5 Å². The predicted octanol–water partition coefficient (Wildman–Crippen LogP) is 3.36. The topological polar surface area (TPSA) is 86.8 Å². The summed E-state index contributed by atoms with van der Waals surface area (Å²) in [6.07, 6.45) is 0.907. The molecule has 2 aromatic carbocycles. The highest BCUT2D eigenvalue weighted by Crippen LogP contribution is 2.27. The minimum atomic E-state index is -3.66. The van der Waals surface area contributed by atoms with Gasteiger partial charge in [-0.15, -0.1) is 0 Å². The maximum atomic E-state index is 12.9. The number of hydrogen-bond acceptors (Lipinski definition) is 5. The molecule has 1 saturated heterocycles. The van der Waals surface area contributed by atoms with E-state index in [4.69, 9.17) is 11.6 Å². The number of hydrogen-bond donors (Lipinski definition) is 1. The Hall–Kier alpha value is -2.26. The molecule has 33 heavy (non-hydrogen) atoms. The molecule has 0 saturated carbocycles. The Morgan fingerprint density at radius 2 is 1.70 bits per heavy atom. The number of piperidine rings is 1. The zero-order chi connectivity index (χ0) is 24.2. The SMILES string of the molecule is CC(=O)c1ccc(S(=O)(=O)N2CCC(C(=O)NCC(c3ccccc3Cl)N(C)C)CC2)cc1. The number of sulfonamides is 1. The lowest BCUT2D eigenvalue weighted by atomic mass is 9.97. The first kappa shape index (κ1) is 25.4. The van der Waals surface area contributed by atoms with E-state index >= 15 is 0 Å². The van der Waals surface area contributed by atoms with Gasteiger partial charge in [-0.25, -0.2) is 8.42 Å². The lowest BCUT2D eigenvalue weighted by Gasteiger charge is -2.31. The molecule has 1 aliphatic rings. The van der Waals surface area contributed by atoms with Crippen molar-refractivity contribution >= 4 is 33.3 Å². The molecule has 0 aromatic heterocycles. The molecule has 1 unspecified atom stereocenters. The van der Waals surface area contributed by atoms with Crippen LogP contribution in [0.2, 0.25) is 5.02 Å². The summed E-state index contributed by atoms with van der Waals surface area (Å²) in [4.78, 5) is 26.4.